The highest BCUT2D eigenvalue weighted by atomic mass is 32.2. The van der Waals surface area contributed by atoms with Gasteiger partial charge in [-0.3, -0.25) is 0 Å². The van der Waals surface area contributed by atoms with Gasteiger partial charge >= 0.3 is 6.18 Å². The Bertz CT molecular complexity index is 784. The van der Waals surface area contributed by atoms with Crippen LogP contribution in [0.5, 0.6) is 0 Å². The number of benzene rings is 2. The molecule has 0 spiro atoms. The van der Waals surface area contributed by atoms with Gasteiger partial charge in [-0.2, -0.15) is 13.2 Å². The molecule has 7 heteroatoms. The third-order valence-corrected chi connectivity index (χ3v) is 5.02. The molecule has 118 valence electrons. The van der Waals surface area contributed by atoms with Gasteiger partial charge < -0.3 is 5.73 Å². The fraction of sp³-hybridized carbons (Fsp3) is 0.200. The van der Waals surface area contributed by atoms with Gasteiger partial charge in [-0.1, -0.05) is 37.3 Å². The monoisotopic (exact) mass is 329 g/mol. The van der Waals surface area contributed by atoms with Crippen LogP contribution in [0.3, 0.4) is 0 Å². The Morgan fingerprint density at radius 2 is 1.68 bits per heavy atom. The number of halogens is 3. The standard InChI is InChI=1S/C15H14F3NO2S/c1-2-22(20,21)14-9-13(19)11(8-12(14)15(16,17)18)10-6-4-3-5-7-10/h3-9H,2,19H2,1H3. The minimum absolute atomic E-state index is 0.00812. The molecule has 2 rings (SSSR count). The van der Waals surface area contributed by atoms with Gasteiger partial charge in [0.25, 0.3) is 0 Å². The molecule has 0 unspecified atom stereocenters. The van der Waals surface area contributed by atoms with E-state index >= 15 is 0 Å². The van der Waals surface area contributed by atoms with Crippen molar-refractivity contribution in [2.45, 2.75) is 18.0 Å². The van der Waals surface area contributed by atoms with E-state index in [4.69, 9.17) is 5.73 Å². The summed E-state index contributed by atoms with van der Waals surface area (Å²) >= 11 is 0. The van der Waals surface area contributed by atoms with E-state index in [9.17, 15) is 21.6 Å². The lowest BCUT2D eigenvalue weighted by Crippen LogP contribution is -2.15. The van der Waals surface area contributed by atoms with Gasteiger partial charge in [0.05, 0.1) is 16.2 Å². The summed E-state index contributed by atoms with van der Waals surface area (Å²) in [4.78, 5) is -0.778. The van der Waals surface area contributed by atoms with E-state index in [1.54, 1.807) is 30.3 Å². The molecule has 0 fully saturated rings. The van der Waals surface area contributed by atoms with Crippen LogP contribution in [0, 0.1) is 0 Å². The fourth-order valence-corrected chi connectivity index (χ4v) is 3.22. The van der Waals surface area contributed by atoms with E-state index in [-0.39, 0.29) is 11.3 Å². The van der Waals surface area contributed by atoms with Crippen molar-refractivity contribution in [3.63, 3.8) is 0 Å². The van der Waals surface area contributed by atoms with Crippen LogP contribution in [0.1, 0.15) is 12.5 Å². The number of rotatable bonds is 3. The molecule has 2 aromatic rings. The van der Waals surface area contributed by atoms with Crippen molar-refractivity contribution in [3.05, 3.63) is 48.0 Å². The van der Waals surface area contributed by atoms with Crippen molar-refractivity contribution in [1.82, 2.24) is 0 Å². The predicted molar refractivity (Wildman–Crippen MR) is 79.0 cm³/mol. The number of hydrogen-bond donors (Lipinski definition) is 1. The van der Waals surface area contributed by atoms with Crippen LogP contribution in [-0.2, 0) is 16.0 Å². The highest BCUT2D eigenvalue weighted by molar-refractivity contribution is 7.91. The van der Waals surface area contributed by atoms with Crippen LogP contribution < -0.4 is 5.73 Å². The second-order valence-electron chi connectivity index (χ2n) is 4.70. The topological polar surface area (TPSA) is 60.2 Å². The maximum absolute atomic E-state index is 13.2. The first kappa shape index (κ1) is 16.4. The van der Waals surface area contributed by atoms with E-state index in [0.717, 1.165) is 12.1 Å². The minimum Gasteiger partial charge on any atom is -0.398 e. The lowest BCUT2D eigenvalue weighted by molar-refractivity contribution is -0.139. The summed E-state index contributed by atoms with van der Waals surface area (Å²) in [6.45, 7) is 1.29. The second-order valence-corrected chi connectivity index (χ2v) is 6.95. The summed E-state index contributed by atoms with van der Waals surface area (Å²) in [5, 5.41) is 0. The summed E-state index contributed by atoms with van der Waals surface area (Å²) in [6.07, 6.45) is -4.78. The van der Waals surface area contributed by atoms with Gasteiger partial charge in [-0.15, -0.1) is 0 Å². The van der Waals surface area contributed by atoms with Crippen LogP contribution in [0.15, 0.2) is 47.4 Å². The molecule has 22 heavy (non-hydrogen) atoms. The smallest absolute Gasteiger partial charge is 0.398 e. The fourth-order valence-electron chi connectivity index (χ4n) is 2.10. The Hall–Kier alpha value is -2.02. The van der Waals surface area contributed by atoms with E-state index in [1.807, 2.05) is 0 Å². The van der Waals surface area contributed by atoms with Gasteiger partial charge in [-0.25, -0.2) is 8.42 Å². The molecule has 2 aromatic carbocycles. The Morgan fingerprint density at radius 3 is 2.18 bits per heavy atom. The van der Waals surface area contributed by atoms with Gasteiger partial charge in [0.2, 0.25) is 0 Å². The molecule has 0 radical (unpaired) electrons. The SMILES string of the molecule is CCS(=O)(=O)c1cc(N)c(-c2ccccc2)cc1C(F)(F)F. The molecule has 0 aromatic heterocycles. The zero-order valence-corrected chi connectivity index (χ0v) is 12.5. The molecular weight excluding hydrogens is 315 g/mol. The maximum atomic E-state index is 13.2. The van der Waals surface area contributed by atoms with Gasteiger partial charge in [-0.05, 0) is 17.7 Å². The molecular formula is C15H14F3NO2S. The molecule has 0 bridgehead atoms. The van der Waals surface area contributed by atoms with Gasteiger partial charge in [0, 0.05) is 11.3 Å². The Balaban J connectivity index is 2.78. The van der Waals surface area contributed by atoms with Crippen LogP contribution in [-0.4, -0.2) is 14.2 Å². The summed E-state index contributed by atoms with van der Waals surface area (Å²) < 4.78 is 63.5. The minimum atomic E-state index is -4.78. The molecule has 0 atom stereocenters. The summed E-state index contributed by atoms with van der Waals surface area (Å²) in [6, 6.07) is 9.97. The zero-order chi connectivity index (χ0) is 16.5. The first-order chi connectivity index (χ1) is 10.2. The van der Waals surface area contributed by atoms with E-state index in [2.05, 4.69) is 0 Å². The van der Waals surface area contributed by atoms with Crippen LogP contribution in [0.2, 0.25) is 0 Å². The molecule has 0 aliphatic rings. The van der Waals surface area contributed by atoms with Crippen molar-refractivity contribution >= 4 is 15.5 Å². The highest BCUT2D eigenvalue weighted by Gasteiger charge is 2.37. The van der Waals surface area contributed by atoms with E-state index in [0.29, 0.717) is 5.56 Å². The van der Waals surface area contributed by atoms with Crippen molar-refractivity contribution in [1.29, 1.82) is 0 Å². The first-order valence-electron chi connectivity index (χ1n) is 6.45. The van der Waals surface area contributed by atoms with Crippen molar-refractivity contribution in [3.8, 4) is 11.1 Å². The third kappa shape index (κ3) is 3.09. The maximum Gasteiger partial charge on any atom is 0.417 e. The third-order valence-electron chi connectivity index (χ3n) is 3.26. The molecule has 0 amide bonds. The quantitative estimate of drug-likeness (QED) is 0.873. The van der Waals surface area contributed by atoms with Crippen LogP contribution >= 0.6 is 0 Å². The highest BCUT2D eigenvalue weighted by Crippen LogP contribution is 2.39. The van der Waals surface area contributed by atoms with Crippen molar-refractivity contribution in [2.24, 2.45) is 0 Å². The summed E-state index contributed by atoms with van der Waals surface area (Å²) in [5.41, 5.74) is 5.23. The number of anilines is 1. The molecule has 0 aliphatic carbocycles. The zero-order valence-electron chi connectivity index (χ0n) is 11.7. The predicted octanol–water partition coefficient (Wildman–Crippen LogP) is 3.75. The average Bonchev–Trinajstić information content (AvgIpc) is 2.46. The number of nitrogen functional groups attached to an aromatic ring is 1. The van der Waals surface area contributed by atoms with Crippen molar-refractivity contribution in [2.75, 3.05) is 11.5 Å². The number of nitrogens with two attached hydrogens (primary N) is 1. The molecule has 2 N–H and O–H groups in total. The Labute approximate surface area is 126 Å². The lowest BCUT2D eigenvalue weighted by atomic mass is 10.0. The van der Waals surface area contributed by atoms with Gasteiger partial charge in [0.15, 0.2) is 9.84 Å². The summed E-state index contributed by atoms with van der Waals surface area (Å²) in [7, 11) is -4.03. The molecule has 0 saturated carbocycles. The lowest BCUT2D eigenvalue weighted by Gasteiger charge is -2.16. The van der Waals surface area contributed by atoms with E-state index in [1.165, 1.54) is 6.92 Å². The molecule has 0 aliphatic heterocycles. The molecule has 0 saturated heterocycles. The number of hydrogen-bond acceptors (Lipinski definition) is 3. The van der Waals surface area contributed by atoms with Crippen LogP contribution in [0.25, 0.3) is 11.1 Å². The van der Waals surface area contributed by atoms with Crippen molar-refractivity contribution < 1.29 is 21.6 Å². The molecule has 0 heterocycles. The van der Waals surface area contributed by atoms with Gasteiger partial charge in [0.1, 0.15) is 0 Å². The number of sulfone groups is 1. The average molecular weight is 329 g/mol. The Morgan fingerprint density at radius 1 is 1.09 bits per heavy atom. The Kier molecular flexibility index (Phi) is 4.19. The largest absolute Gasteiger partial charge is 0.417 e. The van der Waals surface area contributed by atoms with E-state index < -0.39 is 32.2 Å². The summed E-state index contributed by atoms with van der Waals surface area (Å²) in [5.74, 6) is -0.430. The first-order valence-corrected chi connectivity index (χ1v) is 8.11. The van der Waals surface area contributed by atoms with Crippen LogP contribution in [0.4, 0.5) is 18.9 Å². The normalized spacial score (nSPS) is 12.4. The second kappa shape index (κ2) is 5.64. The molecule has 3 nitrogen and oxygen atoms in total. The number of alkyl halides is 3.